The van der Waals surface area contributed by atoms with Gasteiger partial charge in [0, 0.05) is 24.8 Å². The summed E-state index contributed by atoms with van der Waals surface area (Å²) in [6, 6.07) is 10.6. The predicted molar refractivity (Wildman–Crippen MR) is 68.7 cm³/mol. The molecule has 1 aromatic rings. The van der Waals surface area contributed by atoms with Gasteiger partial charge in [0.05, 0.1) is 0 Å². The van der Waals surface area contributed by atoms with E-state index in [4.69, 9.17) is 6.42 Å². The van der Waals surface area contributed by atoms with E-state index in [9.17, 15) is 4.79 Å². The van der Waals surface area contributed by atoms with Crippen molar-refractivity contribution in [3.63, 3.8) is 0 Å². The van der Waals surface area contributed by atoms with Crippen LogP contribution in [-0.4, -0.2) is 25.0 Å². The summed E-state index contributed by atoms with van der Waals surface area (Å²) in [4.78, 5) is 13.4. The highest BCUT2D eigenvalue weighted by atomic mass is 16.1. The Labute approximate surface area is 102 Å². The molecule has 1 aliphatic heterocycles. The van der Waals surface area contributed by atoms with Crippen LogP contribution in [0.4, 0.5) is 5.69 Å². The molecular weight excluding hydrogens is 212 g/mol. The monoisotopic (exact) mass is 228 g/mol. The normalized spacial score (nSPS) is 18.8. The molecule has 1 amide bonds. The summed E-state index contributed by atoms with van der Waals surface area (Å²) in [5, 5.41) is 2.76. The van der Waals surface area contributed by atoms with Crippen molar-refractivity contribution in [2.75, 3.05) is 18.0 Å². The Balaban J connectivity index is 1.99. The minimum Gasteiger partial charge on any atom is -0.367 e. The van der Waals surface area contributed by atoms with E-state index in [1.54, 1.807) is 0 Å². The molecule has 3 nitrogen and oxygen atoms in total. The zero-order valence-corrected chi connectivity index (χ0v) is 9.73. The lowest BCUT2D eigenvalue weighted by Gasteiger charge is -2.26. The first-order valence-electron chi connectivity index (χ1n) is 5.87. The average molecular weight is 228 g/mol. The molecule has 1 saturated heterocycles. The molecule has 1 fully saturated rings. The SMILES string of the molecule is C#CC(=O)NCC1CCCN1c1ccccc1. The van der Waals surface area contributed by atoms with E-state index < -0.39 is 0 Å². The van der Waals surface area contributed by atoms with Crippen LogP contribution >= 0.6 is 0 Å². The highest BCUT2D eigenvalue weighted by Gasteiger charge is 2.24. The maximum absolute atomic E-state index is 11.0. The Hall–Kier alpha value is -1.95. The molecule has 0 bridgehead atoms. The van der Waals surface area contributed by atoms with Crippen LogP contribution in [0.3, 0.4) is 0 Å². The van der Waals surface area contributed by atoms with Crippen LogP contribution in [0, 0.1) is 12.3 Å². The molecule has 17 heavy (non-hydrogen) atoms. The third kappa shape index (κ3) is 2.79. The first kappa shape index (κ1) is 11.5. The molecule has 2 rings (SSSR count). The van der Waals surface area contributed by atoms with Crippen molar-refractivity contribution in [2.24, 2.45) is 0 Å². The van der Waals surface area contributed by atoms with Crippen LogP contribution in [0.25, 0.3) is 0 Å². The maximum Gasteiger partial charge on any atom is 0.295 e. The number of carbonyl (C=O) groups is 1. The predicted octanol–water partition coefficient (Wildman–Crippen LogP) is 1.40. The summed E-state index contributed by atoms with van der Waals surface area (Å²) in [6.45, 7) is 1.67. The van der Waals surface area contributed by atoms with Gasteiger partial charge in [-0.05, 0) is 30.9 Å². The summed E-state index contributed by atoms with van der Waals surface area (Å²) < 4.78 is 0. The van der Waals surface area contributed by atoms with Crippen LogP contribution in [0.2, 0.25) is 0 Å². The van der Waals surface area contributed by atoms with Crippen LogP contribution < -0.4 is 10.2 Å². The number of benzene rings is 1. The molecule has 1 aromatic carbocycles. The number of terminal acetylenes is 1. The third-order valence-electron chi connectivity index (χ3n) is 3.09. The molecule has 0 spiro atoms. The fraction of sp³-hybridized carbons (Fsp3) is 0.357. The molecule has 1 atom stereocenters. The van der Waals surface area contributed by atoms with E-state index in [0.29, 0.717) is 12.6 Å². The van der Waals surface area contributed by atoms with Crippen molar-refractivity contribution in [3.05, 3.63) is 30.3 Å². The van der Waals surface area contributed by atoms with Gasteiger partial charge in [0.1, 0.15) is 0 Å². The Morgan fingerprint density at radius 3 is 2.94 bits per heavy atom. The Morgan fingerprint density at radius 1 is 1.47 bits per heavy atom. The first-order chi connectivity index (χ1) is 8.31. The molecule has 0 saturated carbocycles. The minimum absolute atomic E-state index is 0.329. The number of hydrogen-bond acceptors (Lipinski definition) is 2. The van der Waals surface area contributed by atoms with Crippen molar-refractivity contribution in [1.29, 1.82) is 0 Å². The number of nitrogens with zero attached hydrogens (tertiary/aromatic N) is 1. The Kier molecular flexibility index (Phi) is 3.66. The van der Waals surface area contributed by atoms with Gasteiger partial charge in [-0.3, -0.25) is 4.79 Å². The second-order valence-corrected chi connectivity index (χ2v) is 4.18. The highest BCUT2D eigenvalue weighted by molar-refractivity contribution is 5.92. The molecule has 1 aliphatic rings. The molecule has 1 unspecified atom stereocenters. The van der Waals surface area contributed by atoms with E-state index >= 15 is 0 Å². The van der Waals surface area contributed by atoms with Crippen molar-refractivity contribution in [1.82, 2.24) is 5.32 Å². The van der Waals surface area contributed by atoms with Gasteiger partial charge in [0.15, 0.2) is 0 Å². The van der Waals surface area contributed by atoms with E-state index in [0.717, 1.165) is 19.4 Å². The summed E-state index contributed by atoms with van der Waals surface area (Å²) in [5.74, 6) is 1.75. The lowest BCUT2D eigenvalue weighted by Crippen LogP contribution is -2.39. The maximum atomic E-state index is 11.0. The number of para-hydroxylation sites is 1. The summed E-state index contributed by atoms with van der Waals surface area (Å²) in [6.07, 6.45) is 7.28. The highest BCUT2D eigenvalue weighted by Crippen LogP contribution is 2.24. The fourth-order valence-corrected chi connectivity index (χ4v) is 2.27. The number of nitrogens with one attached hydrogen (secondary N) is 1. The van der Waals surface area contributed by atoms with Crippen molar-refractivity contribution in [3.8, 4) is 12.3 Å². The Bertz CT molecular complexity index is 422. The van der Waals surface area contributed by atoms with Gasteiger partial charge in [0.2, 0.25) is 0 Å². The van der Waals surface area contributed by atoms with Gasteiger partial charge in [0.25, 0.3) is 5.91 Å². The molecule has 1 N–H and O–H groups in total. The third-order valence-corrected chi connectivity index (χ3v) is 3.09. The summed E-state index contributed by atoms with van der Waals surface area (Å²) >= 11 is 0. The number of amides is 1. The number of rotatable bonds is 3. The zero-order valence-electron chi connectivity index (χ0n) is 9.73. The Morgan fingerprint density at radius 2 is 2.24 bits per heavy atom. The zero-order chi connectivity index (χ0) is 12.1. The molecule has 1 heterocycles. The van der Waals surface area contributed by atoms with E-state index in [1.165, 1.54) is 5.69 Å². The second kappa shape index (κ2) is 5.40. The lowest BCUT2D eigenvalue weighted by atomic mass is 10.2. The second-order valence-electron chi connectivity index (χ2n) is 4.18. The largest absolute Gasteiger partial charge is 0.367 e. The fourth-order valence-electron chi connectivity index (χ4n) is 2.27. The topological polar surface area (TPSA) is 32.3 Å². The van der Waals surface area contributed by atoms with Crippen LogP contribution in [-0.2, 0) is 4.79 Å². The van der Waals surface area contributed by atoms with Gasteiger partial charge < -0.3 is 10.2 Å². The first-order valence-corrected chi connectivity index (χ1v) is 5.87. The smallest absolute Gasteiger partial charge is 0.295 e. The van der Waals surface area contributed by atoms with Crippen molar-refractivity contribution >= 4 is 11.6 Å². The van der Waals surface area contributed by atoms with Gasteiger partial charge in [-0.1, -0.05) is 18.2 Å². The molecular formula is C14H16N2O. The summed E-state index contributed by atoms with van der Waals surface area (Å²) in [7, 11) is 0. The molecule has 0 aliphatic carbocycles. The van der Waals surface area contributed by atoms with E-state index in [2.05, 4.69) is 28.3 Å². The minimum atomic E-state index is -0.329. The standard InChI is InChI=1S/C14H16N2O/c1-2-14(17)15-11-13-9-6-10-16(13)12-7-4-3-5-8-12/h1,3-5,7-8,13H,6,9-11H2,(H,15,17). The van der Waals surface area contributed by atoms with E-state index in [-0.39, 0.29) is 5.91 Å². The summed E-state index contributed by atoms with van der Waals surface area (Å²) in [5.41, 5.74) is 1.21. The van der Waals surface area contributed by atoms with Crippen LogP contribution in [0.1, 0.15) is 12.8 Å². The van der Waals surface area contributed by atoms with Gasteiger partial charge >= 0.3 is 0 Å². The molecule has 0 radical (unpaired) electrons. The number of carbonyl (C=O) groups excluding carboxylic acids is 1. The molecule has 88 valence electrons. The molecule has 3 heteroatoms. The van der Waals surface area contributed by atoms with Gasteiger partial charge in [-0.25, -0.2) is 0 Å². The van der Waals surface area contributed by atoms with Gasteiger partial charge in [-0.2, -0.15) is 0 Å². The number of anilines is 1. The quantitative estimate of drug-likeness (QED) is 0.793. The van der Waals surface area contributed by atoms with Gasteiger partial charge in [-0.15, -0.1) is 6.42 Å². The molecule has 0 aromatic heterocycles. The van der Waals surface area contributed by atoms with Crippen LogP contribution in [0.5, 0.6) is 0 Å². The average Bonchev–Trinajstić information content (AvgIpc) is 2.85. The lowest BCUT2D eigenvalue weighted by molar-refractivity contribution is -0.115. The van der Waals surface area contributed by atoms with Crippen molar-refractivity contribution in [2.45, 2.75) is 18.9 Å². The van der Waals surface area contributed by atoms with Crippen LogP contribution in [0.15, 0.2) is 30.3 Å². The van der Waals surface area contributed by atoms with Crippen molar-refractivity contribution < 1.29 is 4.79 Å². The van der Waals surface area contributed by atoms with E-state index in [1.807, 2.05) is 18.2 Å². The number of hydrogen-bond donors (Lipinski definition) is 1.